The molecular weight excluding hydrogens is 665 g/mol. The van der Waals surface area contributed by atoms with Crippen molar-refractivity contribution in [3.63, 3.8) is 0 Å². The lowest BCUT2D eigenvalue weighted by Gasteiger charge is -2.38. The van der Waals surface area contributed by atoms with E-state index in [-0.39, 0.29) is 25.8 Å². The van der Waals surface area contributed by atoms with Gasteiger partial charge in [0.05, 0.1) is 24.9 Å². The zero-order chi connectivity index (χ0) is 36.3. The predicted molar refractivity (Wildman–Crippen MR) is 185 cm³/mol. The first-order valence-corrected chi connectivity index (χ1v) is 18.5. The summed E-state index contributed by atoms with van der Waals surface area (Å²) in [4.78, 5) is 82.7. The number of carboxylic acids is 2. The fraction of sp³-hybridized carbons (Fsp3) is 0.417. The number of carbonyl (C=O) groups is 5. The van der Waals surface area contributed by atoms with Gasteiger partial charge in [-0.05, 0) is 59.6 Å². The zero-order valence-corrected chi connectivity index (χ0v) is 28.6. The van der Waals surface area contributed by atoms with Crippen LogP contribution in [0.1, 0.15) is 68.1 Å². The van der Waals surface area contributed by atoms with Gasteiger partial charge in [-0.2, -0.15) is 0 Å². The van der Waals surface area contributed by atoms with Crippen molar-refractivity contribution in [2.24, 2.45) is 5.92 Å². The SMILES string of the molecule is O=C(O)C[C@@H](Cc1ccc(CP(=O)(O)O)cc1)C(=O)NC1(C(=O)N[C@@H](CC(=O)O)C(=O)NCCCc2cccc3ccccc23)CCCCC1. The summed E-state index contributed by atoms with van der Waals surface area (Å²) in [6.45, 7) is 0.243. The third-order valence-electron chi connectivity index (χ3n) is 8.99. The minimum absolute atomic E-state index is 0.0190. The highest BCUT2D eigenvalue weighted by Crippen LogP contribution is 2.39. The predicted octanol–water partition coefficient (Wildman–Crippen LogP) is 3.68. The van der Waals surface area contributed by atoms with E-state index >= 15 is 0 Å². The Balaban J connectivity index is 1.42. The number of hydrogen-bond acceptors (Lipinski definition) is 6. The van der Waals surface area contributed by atoms with Crippen molar-refractivity contribution >= 4 is 48.0 Å². The van der Waals surface area contributed by atoms with Crippen molar-refractivity contribution in [3.8, 4) is 0 Å². The second-order valence-corrected chi connectivity index (χ2v) is 14.6. The van der Waals surface area contributed by atoms with E-state index in [4.69, 9.17) is 0 Å². The molecule has 7 N–H and O–H groups in total. The molecule has 0 saturated heterocycles. The first kappa shape index (κ1) is 38.2. The molecular formula is C36H44N3O10P. The monoisotopic (exact) mass is 709 g/mol. The van der Waals surface area contributed by atoms with Crippen LogP contribution in [-0.4, -0.2) is 67.8 Å². The topological polar surface area (TPSA) is 219 Å². The Morgan fingerprint density at radius 1 is 0.780 bits per heavy atom. The number of carboxylic acid groups (broad SMARTS) is 2. The van der Waals surface area contributed by atoms with Gasteiger partial charge >= 0.3 is 19.5 Å². The second kappa shape index (κ2) is 17.4. The van der Waals surface area contributed by atoms with Crippen LogP contribution in [0.5, 0.6) is 0 Å². The molecule has 0 bridgehead atoms. The van der Waals surface area contributed by atoms with Gasteiger partial charge in [0.2, 0.25) is 17.7 Å². The number of carbonyl (C=O) groups excluding carboxylic acids is 3. The van der Waals surface area contributed by atoms with Gasteiger partial charge in [0, 0.05) is 6.54 Å². The van der Waals surface area contributed by atoms with Crippen molar-refractivity contribution < 1.29 is 48.5 Å². The van der Waals surface area contributed by atoms with Crippen LogP contribution in [0, 0.1) is 5.92 Å². The average molecular weight is 710 g/mol. The van der Waals surface area contributed by atoms with Crippen LogP contribution in [0.3, 0.4) is 0 Å². The van der Waals surface area contributed by atoms with Gasteiger partial charge in [-0.15, -0.1) is 0 Å². The molecule has 3 amide bonds. The van der Waals surface area contributed by atoms with Gasteiger partial charge in [0.1, 0.15) is 11.6 Å². The third kappa shape index (κ3) is 11.2. The Bertz CT molecular complexity index is 1730. The highest BCUT2D eigenvalue weighted by atomic mass is 31.2. The minimum Gasteiger partial charge on any atom is -0.481 e. The van der Waals surface area contributed by atoms with E-state index in [1.165, 1.54) is 12.1 Å². The molecule has 3 aromatic rings. The maximum Gasteiger partial charge on any atom is 0.329 e. The van der Waals surface area contributed by atoms with Crippen LogP contribution in [0.4, 0.5) is 0 Å². The molecule has 3 aromatic carbocycles. The molecule has 4 rings (SSSR count). The van der Waals surface area contributed by atoms with Crippen LogP contribution < -0.4 is 16.0 Å². The Labute approximate surface area is 290 Å². The molecule has 1 fully saturated rings. The number of aryl methyl sites for hydroxylation is 1. The van der Waals surface area contributed by atoms with Crippen LogP contribution in [0.2, 0.25) is 0 Å². The van der Waals surface area contributed by atoms with Crippen LogP contribution in [0.15, 0.2) is 66.7 Å². The molecule has 0 radical (unpaired) electrons. The molecule has 14 heteroatoms. The highest BCUT2D eigenvalue weighted by Gasteiger charge is 2.43. The van der Waals surface area contributed by atoms with Crippen LogP contribution in [0.25, 0.3) is 10.8 Å². The molecule has 0 unspecified atom stereocenters. The van der Waals surface area contributed by atoms with Gasteiger partial charge < -0.3 is 36.0 Å². The summed E-state index contributed by atoms with van der Waals surface area (Å²) >= 11 is 0. The largest absolute Gasteiger partial charge is 0.481 e. The van der Waals surface area contributed by atoms with E-state index in [0.29, 0.717) is 36.8 Å². The summed E-state index contributed by atoms with van der Waals surface area (Å²) in [5.41, 5.74) is 0.566. The molecule has 0 spiro atoms. The molecule has 0 aromatic heterocycles. The molecule has 2 atom stereocenters. The number of hydrogen-bond donors (Lipinski definition) is 7. The summed E-state index contributed by atoms with van der Waals surface area (Å²) in [5, 5.41) is 29.5. The summed E-state index contributed by atoms with van der Waals surface area (Å²) in [6.07, 6.45) is 1.91. The van der Waals surface area contributed by atoms with Crippen molar-refractivity contribution in [2.45, 2.75) is 82.0 Å². The number of rotatable bonds is 17. The summed E-state index contributed by atoms with van der Waals surface area (Å²) in [7, 11) is -4.29. The average Bonchev–Trinajstić information content (AvgIpc) is 3.06. The quantitative estimate of drug-likeness (QED) is 0.0796. The first-order chi connectivity index (χ1) is 23.7. The molecule has 13 nitrogen and oxygen atoms in total. The third-order valence-corrected chi connectivity index (χ3v) is 9.77. The molecule has 268 valence electrons. The van der Waals surface area contributed by atoms with E-state index in [0.717, 1.165) is 22.8 Å². The fourth-order valence-electron chi connectivity index (χ4n) is 6.48. The number of nitrogens with one attached hydrogen (secondary N) is 3. The van der Waals surface area contributed by atoms with Crippen LogP contribution >= 0.6 is 7.60 Å². The molecule has 0 aliphatic heterocycles. The summed E-state index contributed by atoms with van der Waals surface area (Å²) in [5.74, 6) is -5.68. The van der Waals surface area contributed by atoms with E-state index in [1.807, 2.05) is 42.5 Å². The lowest BCUT2D eigenvalue weighted by atomic mass is 9.79. The lowest BCUT2D eigenvalue weighted by Crippen LogP contribution is -2.63. The fourth-order valence-corrected chi connectivity index (χ4v) is 7.16. The van der Waals surface area contributed by atoms with Crippen molar-refractivity contribution in [3.05, 3.63) is 83.4 Å². The molecule has 1 saturated carbocycles. The lowest BCUT2D eigenvalue weighted by molar-refractivity contribution is -0.144. The van der Waals surface area contributed by atoms with Crippen molar-refractivity contribution in [2.75, 3.05) is 6.54 Å². The van der Waals surface area contributed by atoms with E-state index < -0.39 is 73.8 Å². The van der Waals surface area contributed by atoms with E-state index in [9.17, 15) is 48.5 Å². The Morgan fingerprint density at radius 2 is 1.42 bits per heavy atom. The minimum atomic E-state index is -4.29. The summed E-state index contributed by atoms with van der Waals surface area (Å²) < 4.78 is 11.3. The smallest absolute Gasteiger partial charge is 0.329 e. The molecule has 0 heterocycles. The van der Waals surface area contributed by atoms with E-state index in [1.54, 1.807) is 12.1 Å². The molecule has 50 heavy (non-hydrogen) atoms. The maximum absolute atomic E-state index is 13.9. The standard InChI is InChI=1S/C36H44N3O10P/c40-31(41)21-28(20-24-13-15-25(16-14-24)23-50(47,48)49)33(44)39-36(17-4-1-5-18-36)35(46)38-30(22-32(42)43)34(45)37-19-7-11-27-10-6-9-26-8-2-3-12-29(26)27/h2-3,6,8-10,12-16,28,30H,1,4-5,7,11,17-23H2,(H,37,45)(H,38,46)(H,39,44)(H,40,41)(H,42,43)(H2,47,48,49)/t28-,30+/m1/s1. The Kier molecular flexibility index (Phi) is 13.3. The van der Waals surface area contributed by atoms with Gasteiger partial charge in [0.25, 0.3) is 0 Å². The number of fused-ring (bicyclic) bond motifs is 1. The molecule has 1 aliphatic rings. The highest BCUT2D eigenvalue weighted by molar-refractivity contribution is 7.50. The Hall–Kier alpha value is -4.58. The van der Waals surface area contributed by atoms with Gasteiger partial charge in [0.15, 0.2) is 0 Å². The number of aliphatic carboxylic acids is 2. The van der Waals surface area contributed by atoms with E-state index in [2.05, 4.69) is 16.0 Å². The number of benzene rings is 3. The second-order valence-electron chi connectivity index (χ2n) is 12.9. The van der Waals surface area contributed by atoms with Crippen LogP contribution in [-0.2, 0) is 47.5 Å². The van der Waals surface area contributed by atoms with Crippen molar-refractivity contribution in [1.82, 2.24) is 16.0 Å². The van der Waals surface area contributed by atoms with Gasteiger partial charge in [-0.3, -0.25) is 28.5 Å². The normalized spacial score (nSPS) is 15.4. The number of amides is 3. The zero-order valence-electron chi connectivity index (χ0n) is 27.7. The Morgan fingerprint density at radius 3 is 2.08 bits per heavy atom. The van der Waals surface area contributed by atoms with Gasteiger partial charge in [-0.1, -0.05) is 86.0 Å². The van der Waals surface area contributed by atoms with Gasteiger partial charge in [-0.25, -0.2) is 0 Å². The summed E-state index contributed by atoms with van der Waals surface area (Å²) in [6, 6.07) is 18.7. The maximum atomic E-state index is 13.9. The molecule has 1 aliphatic carbocycles. The first-order valence-electron chi connectivity index (χ1n) is 16.7. The van der Waals surface area contributed by atoms with Crippen molar-refractivity contribution in [1.29, 1.82) is 0 Å².